The van der Waals surface area contributed by atoms with Crippen LogP contribution in [-0.2, 0) is 7.05 Å². The smallest absolute Gasteiger partial charge is 0.262 e. The molecule has 0 aliphatic carbocycles. The van der Waals surface area contributed by atoms with E-state index in [1.807, 2.05) is 14.0 Å². The molecule has 0 radical (unpaired) electrons. The Morgan fingerprint density at radius 2 is 2.31 bits per heavy atom. The summed E-state index contributed by atoms with van der Waals surface area (Å²) in [6.45, 7) is 1.94. The standard InChI is InChI=1S/C7H7BrN4O/c1-4-5(3-9-12(4)2)6-10-7(8)11-13-6/h3H,1-2H3. The lowest BCUT2D eigenvalue weighted by Gasteiger charge is -1.93. The number of nitrogens with zero attached hydrogens (tertiary/aromatic N) is 4. The Labute approximate surface area is 82.9 Å². The first-order valence-electron chi connectivity index (χ1n) is 3.66. The van der Waals surface area contributed by atoms with Gasteiger partial charge in [0, 0.05) is 12.7 Å². The molecule has 5 nitrogen and oxygen atoms in total. The van der Waals surface area contributed by atoms with Crippen LogP contribution in [0.1, 0.15) is 5.69 Å². The molecule has 0 unspecified atom stereocenters. The van der Waals surface area contributed by atoms with Gasteiger partial charge in [-0.25, -0.2) is 0 Å². The molecular formula is C7H7BrN4O. The first-order chi connectivity index (χ1) is 6.18. The highest BCUT2D eigenvalue weighted by atomic mass is 79.9. The number of halogens is 1. The van der Waals surface area contributed by atoms with Crippen molar-refractivity contribution in [2.75, 3.05) is 0 Å². The van der Waals surface area contributed by atoms with E-state index in [2.05, 4.69) is 31.2 Å². The largest absolute Gasteiger partial charge is 0.333 e. The van der Waals surface area contributed by atoms with Crippen LogP contribution in [0.3, 0.4) is 0 Å². The van der Waals surface area contributed by atoms with E-state index in [1.54, 1.807) is 10.9 Å². The molecule has 0 spiro atoms. The van der Waals surface area contributed by atoms with Gasteiger partial charge in [0.2, 0.25) is 4.73 Å². The van der Waals surface area contributed by atoms with E-state index in [1.165, 1.54) is 0 Å². The van der Waals surface area contributed by atoms with Gasteiger partial charge in [0.05, 0.1) is 11.8 Å². The Morgan fingerprint density at radius 1 is 1.54 bits per heavy atom. The minimum atomic E-state index is 0.450. The lowest BCUT2D eigenvalue weighted by atomic mass is 10.3. The van der Waals surface area contributed by atoms with Crippen LogP contribution in [0.5, 0.6) is 0 Å². The van der Waals surface area contributed by atoms with E-state index in [9.17, 15) is 0 Å². The van der Waals surface area contributed by atoms with Gasteiger partial charge in [-0.1, -0.05) is 0 Å². The van der Waals surface area contributed by atoms with Crippen LogP contribution >= 0.6 is 15.9 Å². The number of hydrogen-bond donors (Lipinski definition) is 0. The lowest BCUT2D eigenvalue weighted by molar-refractivity contribution is 0.426. The highest BCUT2D eigenvalue weighted by Crippen LogP contribution is 2.21. The zero-order valence-corrected chi connectivity index (χ0v) is 8.74. The fourth-order valence-electron chi connectivity index (χ4n) is 1.02. The van der Waals surface area contributed by atoms with Gasteiger partial charge in [0.25, 0.3) is 5.89 Å². The third-order valence-corrected chi connectivity index (χ3v) is 2.19. The van der Waals surface area contributed by atoms with Crippen LogP contribution in [0.25, 0.3) is 11.5 Å². The lowest BCUT2D eigenvalue weighted by Crippen LogP contribution is -1.92. The minimum Gasteiger partial charge on any atom is -0.333 e. The van der Waals surface area contributed by atoms with Crippen LogP contribution in [0.15, 0.2) is 15.5 Å². The molecule has 0 saturated carbocycles. The third-order valence-electron chi connectivity index (χ3n) is 1.87. The molecule has 2 aromatic heterocycles. The van der Waals surface area contributed by atoms with Crippen LogP contribution in [0.4, 0.5) is 0 Å². The van der Waals surface area contributed by atoms with E-state index in [0.29, 0.717) is 10.6 Å². The molecule has 2 heterocycles. The van der Waals surface area contributed by atoms with Gasteiger partial charge < -0.3 is 4.52 Å². The van der Waals surface area contributed by atoms with E-state index in [-0.39, 0.29) is 0 Å². The molecule has 0 amide bonds. The SMILES string of the molecule is Cc1c(-c2nc(Br)no2)cnn1C. The molecule has 0 aliphatic rings. The molecular weight excluding hydrogens is 236 g/mol. The highest BCUT2D eigenvalue weighted by molar-refractivity contribution is 9.10. The molecule has 0 N–H and O–H groups in total. The first kappa shape index (κ1) is 8.43. The Morgan fingerprint density at radius 3 is 2.77 bits per heavy atom. The number of rotatable bonds is 1. The zero-order valence-electron chi connectivity index (χ0n) is 7.15. The number of aryl methyl sites for hydroxylation is 1. The van der Waals surface area contributed by atoms with Gasteiger partial charge in [0.15, 0.2) is 0 Å². The second-order valence-corrected chi connectivity index (χ2v) is 3.35. The topological polar surface area (TPSA) is 56.7 Å². The maximum atomic E-state index is 4.98. The van der Waals surface area contributed by atoms with E-state index < -0.39 is 0 Å². The van der Waals surface area contributed by atoms with Crippen molar-refractivity contribution in [1.29, 1.82) is 0 Å². The minimum absolute atomic E-state index is 0.450. The molecule has 0 aliphatic heterocycles. The second kappa shape index (κ2) is 2.95. The van der Waals surface area contributed by atoms with Crippen LogP contribution < -0.4 is 0 Å². The summed E-state index contributed by atoms with van der Waals surface area (Å²) >= 11 is 3.12. The summed E-state index contributed by atoms with van der Waals surface area (Å²) in [5, 5.41) is 7.71. The summed E-state index contributed by atoms with van der Waals surface area (Å²) in [7, 11) is 1.87. The predicted molar refractivity (Wildman–Crippen MR) is 48.9 cm³/mol. The van der Waals surface area contributed by atoms with E-state index in [0.717, 1.165) is 11.3 Å². The highest BCUT2D eigenvalue weighted by Gasteiger charge is 2.12. The summed E-state index contributed by atoms with van der Waals surface area (Å²) in [6, 6.07) is 0. The molecule has 0 atom stereocenters. The molecule has 13 heavy (non-hydrogen) atoms. The normalized spacial score (nSPS) is 10.7. The Kier molecular flexibility index (Phi) is 1.91. The third kappa shape index (κ3) is 1.37. The fourth-order valence-corrected chi connectivity index (χ4v) is 1.26. The average Bonchev–Trinajstić information content (AvgIpc) is 2.62. The van der Waals surface area contributed by atoms with E-state index in [4.69, 9.17) is 4.52 Å². The van der Waals surface area contributed by atoms with Gasteiger partial charge in [-0.05, 0) is 28.0 Å². The Bertz CT molecular complexity index is 433. The molecule has 2 rings (SSSR count). The Balaban J connectivity index is 2.52. The van der Waals surface area contributed by atoms with Gasteiger partial charge >= 0.3 is 0 Å². The van der Waals surface area contributed by atoms with Crippen molar-refractivity contribution in [2.24, 2.45) is 7.05 Å². The van der Waals surface area contributed by atoms with Crippen molar-refractivity contribution in [3.8, 4) is 11.5 Å². The Hall–Kier alpha value is -1.17. The van der Waals surface area contributed by atoms with Crippen molar-refractivity contribution >= 4 is 15.9 Å². The van der Waals surface area contributed by atoms with Crippen molar-refractivity contribution in [3.63, 3.8) is 0 Å². The zero-order chi connectivity index (χ0) is 9.42. The van der Waals surface area contributed by atoms with Crippen LogP contribution in [-0.4, -0.2) is 19.9 Å². The van der Waals surface area contributed by atoms with Crippen molar-refractivity contribution < 1.29 is 4.52 Å². The number of aromatic nitrogens is 4. The van der Waals surface area contributed by atoms with Crippen molar-refractivity contribution in [1.82, 2.24) is 19.9 Å². The van der Waals surface area contributed by atoms with E-state index >= 15 is 0 Å². The summed E-state index contributed by atoms with van der Waals surface area (Å²) in [6.07, 6.45) is 1.70. The summed E-state index contributed by atoms with van der Waals surface area (Å²) in [4.78, 5) is 4.04. The van der Waals surface area contributed by atoms with Gasteiger partial charge in [-0.2, -0.15) is 10.1 Å². The number of hydrogen-bond acceptors (Lipinski definition) is 4. The molecule has 0 bridgehead atoms. The van der Waals surface area contributed by atoms with Crippen molar-refractivity contribution in [3.05, 3.63) is 16.6 Å². The first-order valence-corrected chi connectivity index (χ1v) is 4.46. The summed E-state index contributed by atoms with van der Waals surface area (Å²) in [5.41, 5.74) is 1.86. The van der Waals surface area contributed by atoms with Crippen LogP contribution in [0, 0.1) is 6.92 Å². The summed E-state index contributed by atoms with van der Waals surface area (Å²) in [5.74, 6) is 0.484. The van der Waals surface area contributed by atoms with Gasteiger partial charge in [-0.3, -0.25) is 4.68 Å². The van der Waals surface area contributed by atoms with Gasteiger partial charge in [0.1, 0.15) is 0 Å². The van der Waals surface area contributed by atoms with Gasteiger partial charge in [-0.15, -0.1) is 0 Å². The quantitative estimate of drug-likeness (QED) is 0.762. The fraction of sp³-hybridized carbons (Fsp3) is 0.286. The maximum absolute atomic E-state index is 4.98. The second-order valence-electron chi connectivity index (χ2n) is 2.64. The molecule has 0 saturated heterocycles. The predicted octanol–water partition coefficient (Wildman–Crippen LogP) is 1.54. The molecule has 68 valence electrons. The van der Waals surface area contributed by atoms with Crippen molar-refractivity contribution in [2.45, 2.75) is 6.92 Å². The molecule has 2 aromatic rings. The van der Waals surface area contributed by atoms with Crippen LogP contribution in [0.2, 0.25) is 0 Å². The molecule has 0 fully saturated rings. The monoisotopic (exact) mass is 242 g/mol. The molecule has 0 aromatic carbocycles. The average molecular weight is 243 g/mol. The molecule has 6 heteroatoms. The maximum Gasteiger partial charge on any atom is 0.262 e. The summed E-state index contributed by atoms with van der Waals surface area (Å²) < 4.78 is 7.19.